The fourth-order valence-corrected chi connectivity index (χ4v) is 4.22. The summed E-state index contributed by atoms with van der Waals surface area (Å²) in [5.41, 5.74) is -0.190. The van der Waals surface area contributed by atoms with Crippen molar-refractivity contribution in [2.24, 2.45) is 29.6 Å². The second-order valence-corrected chi connectivity index (χ2v) is 7.83. The lowest BCUT2D eigenvalue weighted by molar-refractivity contribution is -0.172. The second-order valence-electron chi connectivity index (χ2n) is 7.83. The summed E-state index contributed by atoms with van der Waals surface area (Å²) in [5.74, 6) is 2.57. The van der Waals surface area contributed by atoms with Crippen molar-refractivity contribution in [2.75, 3.05) is 0 Å². The molecule has 0 aromatic carbocycles. The standard InChI is InChI=1S/C18H32O2/c1-12-11-16(15(4)14(3)13(12)2)17(19)20-18(5)9-7-6-8-10-18/h12-16H,6-11H2,1-5H3. The van der Waals surface area contributed by atoms with Crippen LogP contribution in [0.2, 0.25) is 0 Å². The van der Waals surface area contributed by atoms with Crippen molar-refractivity contribution in [2.45, 2.75) is 78.7 Å². The quantitative estimate of drug-likeness (QED) is 0.678. The van der Waals surface area contributed by atoms with Crippen molar-refractivity contribution >= 4 is 5.97 Å². The Bertz CT molecular complexity index is 343. The zero-order valence-corrected chi connectivity index (χ0v) is 13.9. The van der Waals surface area contributed by atoms with Gasteiger partial charge in [0, 0.05) is 0 Å². The van der Waals surface area contributed by atoms with Crippen LogP contribution in [0.3, 0.4) is 0 Å². The lowest BCUT2D eigenvalue weighted by Gasteiger charge is -2.43. The molecule has 2 aliphatic carbocycles. The monoisotopic (exact) mass is 280 g/mol. The van der Waals surface area contributed by atoms with E-state index in [-0.39, 0.29) is 17.5 Å². The minimum absolute atomic E-state index is 0.0764. The molecule has 116 valence electrons. The lowest BCUT2D eigenvalue weighted by Crippen LogP contribution is -2.43. The van der Waals surface area contributed by atoms with Gasteiger partial charge in [-0.05, 0) is 62.7 Å². The van der Waals surface area contributed by atoms with E-state index in [1.807, 2.05) is 0 Å². The molecule has 20 heavy (non-hydrogen) atoms. The fourth-order valence-electron chi connectivity index (χ4n) is 4.22. The molecule has 5 unspecified atom stereocenters. The molecule has 0 bridgehead atoms. The third-order valence-electron chi connectivity index (χ3n) is 6.38. The number of hydrogen-bond donors (Lipinski definition) is 0. The normalized spacial score (nSPS) is 41.1. The van der Waals surface area contributed by atoms with Gasteiger partial charge in [-0.25, -0.2) is 0 Å². The predicted octanol–water partition coefficient (Wildman–Crippen LogP) is 4.82. The third-order valence-corrected chi connectivity index (χ3v) is 6.38. The Morgan fingerprint density at radius 2 is 1.55 bits per heavy atom. The Kier molecular flexibility index (Phi) is 4.81. The highest BCUT2D eigenvalue weighted by atomic mass is 16.6. The van der Waals surface area contributed by atoms with E-state index in [1.165, 1.54) is 19.3 Å². The largest absolute Gasteiger partial charge is 0.459 e. The Morgan fingerprint density at radius 1 is 0.950 bits per heavy atom. The van der Waals surface area contributed by atoms with E-state index in [4.69, 9.17) is 4.74 Å². The van der Waals surface area contributed by atoms with Crippen molar-refractivity contribution in [3.63, 3.8) is 0 Å². The number of carbonyl (C=O) groups excluding carboxylic acids is 1. The minimum Gasteiger partial charge on any atom is -0.459 e. The van der Waals surface area contributed by atoms with Crippen LogP contribution in [0.25, 0.3) is 0 Å². The van der Waals surface area contributed by atoms with E-state index in [2.05, 4.69) is 34.6 Å². The first-order valence-electron chi connectivity index (χ1n) is 8.57. The average Bonchev–Trinajstić information content (AvgIpc) is 2.40. The van der Waals surface area contributed by atoms with Crippen LogP contribution in [0.15, 0.2) is 0 Å². The molecule has 0 saturated heterocycles. The molecule has 0 aromatic heterocycles. The van der Waals surface area contributed by atoms with Crippen molar-refractivity contribution in [1.82, 2.24) is 0 Å². The molecule has 0 spiro atoms. The summed E-state index contributed by atoms with van der Waals surface area (Å²) >= 11 is 0. The summed E-state index contributed by atoms with van der Waals surface area (Å²) in [6, 6.07) is 0. The number of ether oxygens (including phenoxy) is 1. The Labute approximate surface area is 124 Å². The summed E-state index contributed by atoms with van der Waals surface area (Å²) in [5, 5.41) is 0. The van der Waals surface area contributed by atoms with Gasteiger partial charge in [0.25, 0.3) is 0 Å². The van der Waals surface area contributed by atoms with E-state index in [0.29, 0.717) is 23.7 Å². The molecule has 2 saturated carbocycles. The van der Waals surface area contributed by atoms with E-state index < -0.39 is 0 Å². The predicted molar refractivity (Wildman–Crippen MR) is 82.3 cm³/mol. The molecular weight excluding hydrogens is 248 g/mol. The van der Waals surface area contributed by atoms with Gasteiger partial charge < -0.3 is 4.74 Å². The van der Waals surface area contributed by atoms with E-state index in [9.17, 15) is 4.79 Å². The summed E-state index contributed by atoms with van der Waals surface area (Å²) < 4.78 is 5.98. The maximum atomic E-state index is 12.7. The maximum absolute atomic E-state index is 12.7. The molecule has 2 heteroatoms. The smallest absolute Gasteiger partial charge is 0.309 e. The summed E-state index contributed by atoms with van der Waals surface area (Å²) in [6.45, 7) is 11.3. The molecule has 0 N–H and O–H groups in total. The van der Waals surface area contributed by atoms with Crippen LogP contribution in [0.5, 0.6) is 0 Å². The molecule has 0 radical (unpaired) electrons. The average molecular weight is 280 g/mol. The first kappa shape index (κ1) is 15.9. The minimum atomic E-state index is -0.190. The van der Waals surface area contributed by atoms with Gasteiger partial charge in [-0.15, -0.1) is 0 Å². The van der Waals surface area contributed by atoms with Gasteiger partial charge in [0.1, 0.15) is 5.60 Å². The summed E-state index contributed by atoms with van der Waals surface area (Å²) in [6.07, 6.45) is 6.78. The van der Waals surface area contributed by atoms with Crippen molar-refractivity contribution < 1.29 is 9.53 Å². The molecular formula is C18H32O2. The molecule has 0 aliphatic heterocycles. The van der Waals surface area contributed by atoms with E-state index in [1.54, 1.807) is 0 Å². The number of rotatable bonds is 2. The van der Waals surface area contributed by atoms with Gasteiger partial charge in [0.05, 0.1) is 5.92 Å². The van der Waals surface area contributed by atoms with Crippen LogP contribution in [-0.4, -0.2) is 11.6 Å². The van der Waals surface area contributed by atoms with Crippen LogP contribution in [0.4, 0.5) is 0 Å². The topological polar surface area (TPSA) is 26.3 Å². The Hall–Kier alpha value is -0.530. The highest BCUT2D eigenvalue weighted by Crippen LogP contribution is 2.43. The van der Waals surface area contributed by atoms with Gasteiger partial charge >= 0.3 is 5.97 Å². The van der Waals surface area contributed by atoms with Crippen LogP contribution < -0.4 is 0 Å². The van der Waals surface area contributed by atoms with Gasteiger partial charge in [0.2, 0.25) is 0 Å². The van der Waals surface area contributed by atoms with Crippen LogP contribution in [-0.2, 0) is 9.53 Å². The number of carbonyl (C=O) groups is 1. The summed E-state index contributed by atoms with van der Waals surface area (Å²) in [4.78, 5) is 12.7. The Balaban J connectivity index is 2.01. The first-order chi connectivity index (χ1) is 9.34. The van der Waals surface area contributed by atoms with Crippen LogP contribution in [0, 0.1) is 29.6 Å². The molecule has 0 amide bonds. The van der Waals surface area contributed by atoms with Gasteiger partial charge in [-0.3, -0.25) is 4.79 Å². The van der Waals surface area contributed by atoms with Crippen LogP contribution >= 0.6 is 0 Å². The van der Waals surface area contributed by atoms with Crippen molar-refractivity contribution in [3.8, 4) is 0 Å². The second kappa shape index (κ2) is 6.07. The first-order valence-corrected chi connectivity index (χ1v) is 8.57. The zero-order chi connectivity index (χ0) is 14.9. The lowest BCUT2D eigenvalue weighted by atomic mass is 9.64. The van der Waals surface area contributed by atoms with E-state index in [0.717, 1.165) is 19.3 Å². The van der Waals surface area contributed by atoms with Gasteiger partial charge in [-0.2, -0.15) is 0 Å². The molecule has 2 rings (SSSR count). The number of esters is 1. The third kappa shape index (κ3) is 3.20. The van der Waals surface area contributed by atoms with Gasteiger partial charge in [0.15, 0.2) is 0 Å². The molecule has 5 atom stereocenters. The number of hydrogen-bond acceptors (Lipinski definition) is 2. The fraction of sp³-hybridized carbons (Fsp3) is 0.944. The van der Waals surface area contributed by atoms with Gasteiger partial charge in [-0.1, -0.05) is 34.1 Å². The summed E-state index contributed by atoms with van der Waals surface area (Å²) in [7, 11) is 0. The SMILES string of the molecule is CC1CC(C(=O)OC2(C)CCCCC2)C(C)C(C)C1C. The molecule has 2 nitrogen and oxygen atoms in total. The zero-order valence-electron chi connectivity index (χ0n) is 13.9. The Morgan fingerprint density at radius 3 is 2.15 bits per heavy atom. The molecule has 2 fully saturated rings. The highest BCUT2D eigenvalue weighted by molar-refractivity contribution is 5.73. The molecule has 2 aliphatic rings. The van der Waals surface area contributed by atoms with E-state index >= 15 is 0 Å². The van der Waals surface area contributed by atoms with Crippen molar-refractivity contribution in [3.05, 3.63) is 0 Å². The van der Waals surface area contributed by atoms with Crippen LogP contribution in [0.1, 0.15) is 73.1 Å². The molecule has 0 heterocycles. The molecule has 0 aromatic rings. The highest BCUT2D eigenvalue weighted by Gasteiger charge is 2.42. The maximum Gasteiger partial charge on any atom is 0.309 e. The van der Waals surface area contributed by atoms with Crippen molar-refractivity contribution in [1.29, 1.82) is 0 Å².